The molecule has 4 nitrogen and oxygen atoms in total. The molecule has 0 spiro atoms. The molecule has 5 heteroatoms. The summed E-state index contributed by atoms with van der Waals surface area (Å²) in [6.45, 7) is 7.50. The first-order valence-electron chi connectivity index (χ1n) is 5.67. The third kappa shape index (κ3) is 1.95. The molecular weight excluding hydrogens is 248 g/mol. The van der Waals surface area contributed by atoms with E-state index in [2.05, 4.69) is 4.98 Å². The molecule has 0 N–H and O–H groups in total. The van der Waals surface area contributed by atoms with Crippen LogP contribution < -0.4 is 0 Å². The third-order valence-electron chi connectivity index (χ3n) is 3.25. The first kappa shape index (κ1) is 12.8. The Morgan fingerprint density at radius 1 is 1.06 bits per heavy atom. The van der Waals surface area contributed by atoms with Gasteiger partial charge >= 0.3 is 0 Å². The first-order valence-corrected chi connectivity index (χ1v) is 7.11. The molecule has 0 bridgehead atoms. The molecule has 0 aliphatic rings. The van der Waals surface area contributed by atoms with Crippen LogP contribution in [0.15, 0.2) is 29.6 Å². The highest BCUT2D eigenvalue weighted by atomic mass is 32.2. The normalized spacial score (nSPS) is 11.8. The number of aryl methyl sites for hydroxylation is 2. The van der Waals surface area contributed by atoms with Crippen molar-refractivity contribution in [3.8, 4) is 0 Å². The topological polar surface area (TPSA) is 52.0 Å². The van der Waals surface area contributed by atoms with Crippen LogP contribution in [0.1, 0.15) is 22.4 Å². The monoisotopic (exact) mass is 264 g/mol. The van der Waals surface area contributed by atoms with Crippen molar-refractivity contribution in [2.45, 2.75) is 32.6 Å². The summed E-state index contributed by atoms with van der Waals surface area (Å²) in [5.41, 5.74) is 3.57. The number of rotatable bonds is 2. The minimum absolute atomic E-state index is 0.336. The molecule has 0 amide bonds. The van der Waals surface area contributed by atoms with E-state index in [0.717, 1.165) is 16.7 Å². The quantitative estimate of drug-likeness (QED) is 0.836. The highest BCUT2D eigenvalue weighted by Gasteiger charge is 2.20. The van der Waals surface area contributed by atoms with Crippen molar-refractivity contribution in [2.75, 3.05) is 0 Å². The van der Waals surface area contributed by atoms with Gasteiger partial charge in [0.2, 0.25) is 0 Å². The van der Waals surface area contributed by atoms with Gasteiger partial charge in [-0.25, -0.2) is 17.4 Å². The lowest BCUT2D eigenvalue weighted by Crippen LogP contribution is -2.13. The van der Waals surface area contributed by atoms with Crippen molar-refractivity contribution in [3.63, 3.8) is 0 Å². The zero-order valence-corrected chi connectivity index (χ0v) is 11.7. The second-order valence-electron chi connectivity index (χ2n) is 4.48. The lowest BCUT2D eigenvalue weighted by Gasteiger charge is -2.12. The molecule has 2 rings (SSSR count). The van der Waals surface area contributed by atoms with Gasteiger partial charge < -0.3 is 0 Å². The molecule has 0 atom stereocenters. The second kappa shape index (κ2) is 4.24. The van der Waals surface area contributed by atoms with E-state index in [4.69, 9.17) is 0 Å². The summed E-state index contributed by atoms with van der Waals surface area (Å²) < 4.78 is 26.1. The Bertz CT molecular complexity index is 700. The Hall–Kier alpha value is -1.62. The second-order valence-corrected chi connectivity index (χ2v) is 6.29. The molecule has 0 aliphatic carbocycles. The van der Waals surface area contributed by atoms with E-state index in [-0.39, 0.29) is 0 Å². The first-order chi connectivity index (χ1) is 8.34. The average molecular weight is 264 g/mol. The summed E-state index contributed by atoms with van der Waals surface area (Å²) in [4.78, 5) is 4.30. The van der Waals surface area contributed by atoms with E-state index in [9.17, 15) is 8.42 Å². The molecule has 0 radical (unpaired) electrons. The SMILES string of the molecule is Cc1cn(S(=O)(=O)c2ccc(C)c(C)c2C)cn1. The van der Waals surface area contributed by atoms with Crippen LogP contribution in [0.4, 0.5) is 0 Å². The van der Waals surface area contributed by atoms with Gasteiger partial charge in [-0.15, -0.1) is 0 Å². The van der Waals surface area contributed by atoms with Crippen molar-refractivity contribution < 1.29 is 8.42 Å². The number of imidazole rings is 1. The van der Waals surface area contributed by atoms with E-state index in [1.54, 1.807) is 13.0 Å². The van der Waals surface area contributed by atoms with E-state index >= 15 is 0 Å². The lowest BCUT2D eigenvalue weighted by atomic mass is 10.1. The molecule has 1 aromatic heterocycles. The third-order valence-corrected chi connectivity index (χ3v) is 5.01. The smallest absolute Gasteiger partial charge is 0.241 e. The highest BCUT2D eigenvalue weighted by Crippen LogP contribution is 2.23. The molecule has 96 valence electrons. The predicted molar refractivity (Wildman–Crippen MR) is 70.2 cm³/mol. The van der Waals surface area contributed by atoms with Crippen LogP contribution in [0.25, 0.3) is 0 Å². The van der Waals surface area contributed by atoms with Gasteiger partial charge in [-0.3, -0.25) is 0 Å². The minimum atomic E-state index is -3.53. The molecule has 1 heterocycles. The maximum atomic E-state index is 12.5. The number of benzene rings is 1. The maximum Gasteiger partial charge on any atom is 0.269 e. The largest absolute Gasteiger partial charge is 0.269 e. The Balaban J connectivity index is 2.66. The molecule has 0 saturated heterocycles. The van der Waals surface area contributed by atoms with Crippen molar-refractivity contribution in [2.24, 2.45) is 0 Å². The molecule has 0 unspecified atom stereocenters. The molecule has 1 aromatic carbocycles. The standard InChI is InChI=1S/C13H16N2O2S/c1-9-5-6-13(12(4)11(9)3)18(16,17)15-7-10(2)14-8-15/h5-8H,1-4H3. The maximum absolute atomic E-state index is 12.5. The molecule has 0 aliphatic heterocycles. The van der Waals surface area contributed by atoms with Gasteiger partial charge in [0.25, 0.3) is 10.0 Å². The van der Waals surface area contributed by atoms with Gasteiger partial charge in [0.1, 0.15) is 6.33 Å². The number of hydrogen-bond acceptors (Lipinski definition) is 3. The Labute approximate surface area is 107 Å². The van der Waals surface area contributed by atoms with E-state index in [1.807, 2.05) is 26.8 Å². The Morgan fingerprint density at radius 2 is 1.72 bits per heavy atom. The molecular formula is C13H16N2O2S. The minimum Gasteiger partial charge on any atom is -0.241 e. The van der Waals surface area contributed by atoms with Gasteiger partial charge in [-0.1, -0.05) is 6.07 Å². The van der Waals surface area contributed by atoms with Crippen molar-refractivity contribution >= 4 is 10.0 Å². The highest BCUT2D eigenvalue weighted by molar-refractivity contribution is 7.90. The van der Waals surface area contributed by atoms with Gasteiger partial charge in [0.05, 0.1) is 10.6 Å². The van der Waals surface area contributed by atoms with E-state index in [0.29, 0.717) is 10.6 Å². The molecule has 0 fully saturated rings. The average Bonchev–Trinajstić information content (AvgIpc) is 2.73. The summed E-state index contributed by atoms with van der Waals surface area (Å²) >= 11 is 0. The fraction of sp³-hybridized carbons (Fsp3) is 0.308. The summed E-state index contributed by atoms with van der Waals surface area (Å²) in [5, 5.41) is 0. The Kier molecular flexibility index (Phi) is 3.02. The Morgan fingerprint density at radius 3 is 2.28 bits per heavy atom. The van der Waals surface area contributed by atoms with Gasteiger partial charge in [0, 0.05) is 6.20 Å². The van der Waals surface area contributed by atoms with E-state index < -0.39 is 10.0 Å². The number of aromatic nitrogens is 2. The summed E-state index contributed by atoms with van der Waals surface area (Å²) in [6.07, 6.45) is 2.85. The van der Waals surface area contributed by atoms with Crippen LogP contribution in [-0.2, 0) is 10.0 Å². The summed E-state index contributed by atoms with van der Waals surface area (Å²) in [6, 6.07) is 3.49. The molecule has 18 heavy (non-hydrogen) atoms. The zero-order chi connectivity index (χ0) is 13.5. The summed E-state index contributed by atoms with van der Waals surface area (Å²) in [7, 11) is -3.53. The van der Waals surface area contributed by atoms with E-state index in [1.165, 1.54) is 16.5 Å². The molecule has 2 aromatic rings. The van der Waals surface area contributed by atoms with Gasteiger partial charge in [-0.05, 0) is 50.5 Å². The lowest BCUT2D eigenvalue weighted by molar-refractivity contribution is 0.586. The fourth-order valence-corrected chi connectivity index (χ4v) is 3.32. The van der Waals surface area contributed by atoms with Gasteiger partial charge in [0.15, 0.2) is 0 Å². The van der Waals surface area contributed by atoms with Crippen LogP contribution in [0.2, 0.25) is 0 Å². The van der Waals surface area contributed by atoms with Crippen molar-refractivity contribution in [1.29, 1.82) is 0 Å². The van der Waals surface area contributed by atoms with Crippen molar-refractivity contribution in [3.05, 3.63) is 47.0 Å². The zero-order valence-electron chi connectivity index (χ0n) is 10.9. The number of nitrogens with zero attached hydrogens (tertiary/aromatic N) is 2. The van der Waals surface area contributed by atoms with Crippen molar-refractivity contribution in [1.82, 2.24) is 8.96 Å². The summed E-state index contributed by atoms with van der Waals surface area (Å²) in [5.74, 6) is 0. The van der Waals surface area contributed by atoms with Crippen LogP contribution in [0.5, 0.6) is 0 Å². The fourth-order valence-electron chi connectivity index (χ4n) is 1.85. The van der Waals surface area contributed by atoms with Crippen LogP contribution in [-0.4, -0.2) is 17.4 Å². The van der Waals surface area contributed by atoms with Crippen LogP contribution in [0.3, 0.4) is 0 Å². The van der Waals surface area contributed by atoms with Crippen LogP contribution >= 0.6 is 0 Å². The predicted octanol–water partition coefficient (Wildman–Crippen LogP) is 2.35. The van der Waals surface area contributed by atoms with Crippen LogP contribution in [0, 0.1) is 27.7 Å². The van der Waals surface area contributed by atoms with Gasteiger partial charge in [-0.2, -0.15) is 0 Å². The number of hydrogen-bond donors (Lipinski definition) is 0. The molecule has 0 saturated carbocycles.